The van der Waals surface area contributed by atoms with Crippen LogP contribution >= 0.6 is 0 Å². The van der Waals surface area contributed by atoms with Gasteiger partial charge in [0, 0.05) is 24.8 Å². The zero-order chi connectivity index (χ0) is 23.9. The van der Waals surface area contributed by atoms with Crippen molar-refractivity contribution < 1.29 is 9.90 Å². The van der Waals surface area contributed by atoms with Crippen LogP contribution in [0.4, 0.5) is 11.6 Å². The first-order chi connectivity index (χ1) is 16.4. The van der Waals surface area contributed by atoms with Crippen molar-refractivity contribution in [1.29, 1.82) is 5.26 Å². The van der Waals surface area contributed by atoms with Crippen molar-refractivity contribution in [2.75, 3.05) is 18.4 Å². The fourth-order valence-electron chi connectivity index (χ4n) is 4.94. The number of β-amino-alcohol motifs (C(OH)–C–C–N with tert-alkyl or cyclic N) is 1. The normalized spacial score (nSPS) is 18.4. The number of para-hydroxylation sites is 1. The molecular weight excluding hydrogens is 426 g/mol. The molecule has 7 nitrogen and oxygen atoms in total. The average molecular weight is 454 g/mol. The van der Waals surface area contributed by atoms with Crippen molar-refractivity contribution in [1.82, 2.24) is 14.9 Å². The highest BCUT2D eigenvalue weighted by Gasteiger charge is 2.32. The monoisotopic (exact) mass is 453 g/mol. The van der Waals surface area contributed by atoms with Crippen LogP contribution in [0.15, 0.2) is 48.7 Å². The summed E-state index contributed by atoms with van der Waals surface area (Å²) in [4.78, 5) is 23.8. The predicted octanol–water partition coefficient (Wildman–Crippen LogP) is 4.19. The highest BCUT2D eigenvalue weighted by Crippen LogP contribution is 2.41. The third kappa shape index (κ3) is 4.02. The van der Waals surface area contributed by atoms with Crippen molar-refractivity contribution in [3.63, 3.8) is 0 Å². The lowest BCUT2D eigenvalue weighted by atomic mass is 9.84. The number of carbonyl (C=O) groups excluding carboxylic acids is 1. The van der Waals surface area contributed by atoms with Crippen molar-refractivity contribution in [2.24, 2.45) is 0 Å². The van der Waals surface area contributed by atoms with E-state index in [1.165, 1.54) is 5.56 Å². The Bertz CT molecular complexity index is 1310. The number of aliphatic hydroxyl groups is 1. The molecular formula is C27H27N5O2. The third-order valence-electron chi connectivity index (χ3n) is 6.91. The molecule has 7 heteroatoms. The van der Waals surface area contributed by atoms with E-state index in [1.807, 2.05) is 30.3 Å². The summed E-state index contributed by atoms with van der Waals surface area (Å²) >= 11 is 0. The van der Waals surface area contributed by atoms with Gasteiger partial charge in [0.1, 0.15) is 0 Å². The van der Waals surface area contributed by atoms with Crippen LogP contribution in [0, 0.1) is 11.3 Å². The number of fused-ring (bicyclic) bond motifs is 1. The van der Waals surface area contributed by atoms with E-state index in [9.17, 15) is 15.2 Å². The van der Waals surface area contributed by atoms with E-state index in [4.69, 9.17) is 4.98 Å². The van der Waals surface area contributed by atoms with Crippen LogP contribution < -0.4 is 5.32 Å². The molecule has 1 aromatic heterocycles. The average Bonchev–Trinajstić information content (AvgIpc) is 3.41. The maximum atomic E-state index is 13.0. The van der Waals surface area contributed by atoms with Crippen LogP contribution in [0.5, 0.6) is 0 Å². The van der Waals surface area contributed by atoms with Crippen LogP contribution in [0.3, 0.4) is 0 Å². The summed E-state index contributed by atoms with van der Waals surface area (Å²) < 4.78 is 0. The van der Waals surface area contributed by atoms with Gasteiger partial charge in [0.2, 0.25) is 5.95 Å². The molecule has 2 heterocycles. The summed E-state index contributed by atoms with van der Waals surface area (Å²) in [5.41, 5.74) is 5.79. The number of nitrogens with one attached hydrogen (secondary N) is 1. The number of hydrogen-bond acceptors (Lipinski definition) is 6. The van der Waals surface area contributed by atoms with Crippen LogP contribution in [0.25, 0.3) is 11.3 Å². The number of rotatable bonds is 4. The van der Waals surface area contributed by atoms with Gasteiger partial charge in [-0.2, -0.15) is 5.26 Å². The molecule has 1 aliphatic heterocycles. The second-order valence-electron chi connectivity index (χ2n) is 9.68. The molecule has 2 aliphatic rings. The van der Waals surface area contributed by atoms with E-state index < -0.39 is 6.10 Å². The minimum absolute atomic E-state index is 0.0213. The number of likely N-dealkylation sites (tertiary alicyclic amines) is 1. The van der Waals surface area contributed by atoms with Gasteiger partial charge in [0.05, 0.1) is 34.7 Å². The number of carbonyl (C=O) groups is 1. The lowest BCUT2D eigenvalue weighted by Gasteiger charge is -2.20. The molecule has 1 unspecified atom stereocenters. The van der Waals surface area contributed by atoms with Crippen LogP contribution in [-0.2, 0) is 11.8 Å². The number of amides is 1. The fraction of sp³-hybridized carbons (Fsp3) is 0.333. The molecule has 34 heavy (non-hydrogen) atoms. The number of aliphatic hydroxyl groups excluding tert-OH is 1. The number of nitrogens with zero attached hydrogens (tertiary/aromatic N) is 4. The minimum atomic E-state index is -0.473. The molecule has 1 amide bonds. The SMILES string of the molecule is CC1(C)CCc2c(C#N)cc(-c3ccnc(Nc4ccccc4C(=O)N4CCC(O)C4)n3)cc21. The van der Waals surface area contributed by atoms with E-state index in [2.05, 4.69) is 36.3 Å². The Balaban J connectivity index is 1.46. The minimum Gasteiger partial charge on any atom is -0.391 e. The standard InChI is InChI=1S/C27H27N5O2/c1-27(2)10-7-20-18(15-28)13-17(14-22(20)27)23-8-11-29-26(30-23)31-24-6-4-3-5-21(24)25(34)32-12-9-19(33)16-32/h3-6,8,11,13-14,19,33H,7,9-10,12,16H2,1-2H3,(H,29,30,31). The van der Waals surface area contributed by atoms with Gasteiger partial charge in [0.15, 0.2) is 0 Å². The molecule has 1 fully saturated rings. The molecule has 3 aromatic rings. The van der Waals surface area contributed by atoms with Crippen LogP contribution in [0.2, 0.25) is 0 Å². The summed E-state index contributed by atoms with van der Waals surface area (Å²) in [5, 5.41) is 22.8. The van der Waals surface area contributed by atoms with Gasteiger partial charge in [0.25, 0.3) is 5.91 Å². The maximum Gasteiger partial charge on any atom is 0.256 e. The van der Waals surface area contributed by atoms with Crippen molar-refractivity contribution >= 4 is 17.5 Å². The number of nitriles is 1. The molecule has 5 rings (SSSR count). The Morgan fingerprint density at radius 1 is 1.26 bits per heavy atom. The van der Waals surface area contributed by atoms with E-state index in [-0.39, 0.29) is 11.3 Å². The van der Waals surface area contributed by atoms with Gasteiger partial charge >= 0.3 is 0 Å². The molecule has 1 atom stereocenters. The topological polar surface area (TPSA) is 102 Å². The Kier molecular flexibility index (Phi) is 5.54. The zero-order valence-electron chi connectivity index (χ0n) is 19.4. The lowest BCUT2D eigenvalue weighted by Crippen LogP contribution is -2.30. The summed E-state index contributed by atoms with van der Waals surface area (Å²) in [7, 11) is 0. The molecule has 0 bridgehead atoms. The highest BCUT2D eigenvalue weighted by molar-refractivity contribution is 6.00. The molecule has 1 aliphatic carbocycles. The Hall–Kier alpha value is -3.76. The fourth-order valence-corrected chi connectivity index (χ4v) is 4.94. The van der Waals surface area contributed by atoms with Crippen molar-refractivity contribution in [2.45, 2.75) is 44.6 Å². The largest absolute Gasteiger partial charge is 0.391 e. The molecule has 2 aromatic carbocycles. The Morgan fingerprint density at radius 2 is 2.09 bits per heavy atom. The molecule has 0 saturated carbocycles. The Labute approximate surface area is 199 Å². The van der Waals surface area contributed by atoms with Gasteiger partial charge in [-0.1, -0.05) is 26.0 Å². The van der Waals surface area contributed by atoms with E-state index in [0.717, 1.165) is 24.0 Å². The second kappa shape index (κ2) is 8.54. The van der Waals surface area contributed by atoms with E-state index >= 15 is 0 Å². The smallest absolute Gasteiger partial charge is 0.256 e. The summed E-state index contributed by atoms with van der Waals surface area (Å²) in [6.45, 7) is 5.30. The summed E-state index contributed by atoms with van der Waals surface area (Å²) in [6, 6.07) is 15.5. The van der Waals surface area contributed by atoms with Crippen molar-refractivity contribution in [3.8, 4) is 17.3 Å². The summed E-state index contributed by atoms with van der Waals surface area (Å²) in [6.07, 6.45) is 3.74. The number of benzene rings is 2. The molecule has 0 radical (unpaired) electrons. The molecule has 172 valence electrons. The van der Waals surface area contributed by atoms with Gasteiger partial charge in [-0.25, -0.2) is 9.97 Å². The zero-order valence-corrected chi connectivity index (χ0v) is 19.4. The number of anilines is 2. The van der Waals surface area contributed by atoms with Crippen molar-refractivity contribution in [3.05, 3.63) is 70.9 Å². The van der Waals surface area contributed by atoms with E-state index in [0.29, 0.717) is 48.0 Å². The lowest BCUT2D eigenvalue weighted by molar-refractivity contribution is 0.0766. The van der Waals surface area contributed by atoms with Gasteiger partial charge in [-0.3, -0.25) is 4.79 Å². The Morgan fingerprint density at radius 3 is 2.85 bits per heavy atom. The molecule has 1 saturated heterocycles. The first-order valence-electron chi connectivity index (χ1n) is 11.6. The number of hydrogen-bond donors (Lipinski definition) is 2. The van der Waals surface area contributed by atoms with Crippen LogP contribution in [0.1, 0.15) is 53.7 Å². The summed E-state index contributed by atoms with van der Waals surface area (Å²) in [5.74, 6) is 0.243. The second-order valence-corrected chi connectivity index (χ2v) is 9.68. The van der Waals surface area contributed by atoms with Gasteiger partial charge in [-0.15, -0.1) is 0 Å². The molecule has 2 N–H and O–H groups in total. The third-order valence-corrected chi connectivity index (χ3v) is 6.91. The van der Waals surface area contributed by atoms with Gasteiger partial charge < -0.3 is 15.3 Å². The maximum absolute atomic E-state index is 13.0. The van der Waals surface area contributed by atoms with Gasteiger partial charge in [-0.05, 0) is 66.1 Å². The first-order valence-corrected chi connectivity index (χ1v) is 11.6. The van der Waals surface area contributed by atoms with Crippen LogP contribution in [-0.4, -0.2) is 45.1 Å². The quantitative estimate of drug-likeness (QED) is 0.614. The highest BCUT2D eigenvalue weighted by atomic mass is 16.3. The number of aromatic nitrogens is 2. The first kappa shape index (κ1) is 22.1. The molecule has 0 spiro atoms. The predicted molar refractivity (Wildman–Crippen MR) is 130 cm³/mol. The van der Waals surface area contributed by atoms with E-state index in [1.54, 1.807) is 17.2 Å².